The Hall–Kier alpha value is -2.64. The van der Waals surface area contributed by atoms with E-state index in [1.165, 1.54) is 24.3 Å². The Morgan fingerprint density at radius 1 is 1.38 bits per heavy atom. The number of alkyl halides is 2. The van der Waals surface area contributed by atoms with Crippen LogP contribution in [-0.2, 0) is 9.59 Å². The molecule has 0 aromatic heterocycles. The Kier molecular flexibility index (Phi) is 4.13. The summed E-state index contributed by atoms with van der Waals surface area (Å²) in [6, 6.07) is 4.27. The number of hydrogen-bond acceptors (Lipinski definition) is 4. The summed E-state index contributed by atoms with van der Waals surface area (Å²) in [6.07, 6.45) is -1.25. The highest BCUT2D eigenvalue weighted by molar-refractivity contribution is 5.95. The predicted molar refractivity (Wildman–Crippen MR) is 80.8 cm³/mol. The minimum atomic E-state index is -3.75. The zero-order chi connectivity index (χ0) is 17.3. The predicted octanol–water partition coefficient (Wildman–Crippen LogP) is 2.37. The molecule has 0 saturated carbocycles. The average molecular weight is 338 g/mol. The molecule has 1 N–H and O–H groups in total. The molecule has 0 aliphatic carbocycles. The molecular weight excluding hydrogens is 322 g/mol. The molecule has 1 unspecified atom stereocenters. The Bertz CT molecular complexity index is 693. The first kappa shape index (κ1) is 16.2. The fourth-order valence-corrected chi connectivity index (χ4v) is 2.82. The molecule has 2 amide bonds. The second kappa shape index (κ2) is 6.10. The molecule has 0 spiro atoms. The number of carbonyl (C=O) groups is 2. The third-order valence-electron chi connectivity index (χ3n) is 3.96. The van der Waals surface area contributed by atoms with E-state index in [1.54, 1.807) is 4.90 Å². The van der Waals surface area contributed by atoms with Crippen LogP contribution in [0.2, 0.25) is 0 Å². The van der Waals surface area contributed by atoms with E-state index < -0.39 is 12.2 Å². The van der Waals surface area contributed by atoms with Gasteiger partial charge in [-0.25, -0.2) is 0 Å². The van der Waals surface area contributed by atoms with Gasteiger partial charge in [0.05, 0.1) is 11.6 Å². The Labute approximate surface area is 137 Å². The SMILES string of the molecule is C=CC(=O)N1CCCC(C(=O)Nc2cccc3c2OC(F)(F)O3)C1. The van der Waals surface area contributed by atoms with Crippen LogP contribution in [0.5, 0.6) is 11.5 Å². The maximum Gasteiger partial charge on any atom is 0.586 e. The lowest BCUT2D eigenvalue weighted by Gasteiger charge is -2.31. The average Bonchev–Trinajstić information content (AvgIpc) is 2.89. The number of likely N-dealkylation sites (tertiary alicyclic amines) is 1. The molecule has 8 heteroatoms. The number of nitrogens with one attached hydrogen (secondary N) is 1. The minimum absolute atomic E-state index is 0.113. The van der Waals surface area contributed by atoms with E-state index in [0.717, 1.165) is 0 Å². The Morgan fingerprint density at radius 2 is 2.17 bits per heavy atom. The first-order valence-electron chi connectivity index (χ1n) is 7.50. The molecule has 0 bridgehead atoms. The second-order valence-electron chi connectivity index (χ2n) is 5.62. The number of anilines is 1. The van der Waals surface area contributed by atoms with Crippen molar-refractivity contribution < 1.29 is 27.8 Å². The molecule has 1 saturated heterocycles. The zero-order valence-electron chi connectivity index (χ0n) is 12.8. The lowest BCUT2D eigenvalue weighted by atomic mass is 9.97. The van der Waals surface area contributed by atoms with Crippen LogP contribution in [0.4, 0.5) is 14.5 Å². The van der Waals surface area contributed by atoms with Crippen LogP contribution < -0.4 is 14.8 Å². The number of hydrogen-bond donors (Lipinski definition) is 1. The van der Waals surface area contributed by atoms with Gasteiger partial charge >= 0.3 is 6.29 Å². The largest absolute Gasteiger partial charge is 0.586 e. The summed E-state index contributed by atoms with van der Waals surface area (Å²) in [6.45, 7) is 4.26. The van der Waals surface area contributed by atoms with E-state index in [1.807, 2.05) is 0 Å². The van der Waals surface area contributed by atoms with Gasteiger partial charge in [0.25, 0.3) is 0 Å². The van der Waals surface area contributed by atoms with Crippen molar-refractivity contribution in [2.45, 2.75) is 19.1 Å². The number of ether oxygens (including phenoxy) is 2. The fourth-order valence-electron chi connectivity index (χ4n) is 2.82. The smallest absolute Gasteiger partial charge is 0.395 e. The number of benzene rings is 1. The summed E-state index contributed by atoms with van der Waals surface area (Å²) in [4.78, 5) is 25.6. The second-order valence-corrected chi connectivity index (χ2v) is 5.62. The molecule has 128 valence electrons. The van der Waals surface area contributed by atoms with Crippen molar-refractivity contribution in [3.8, 4) is 11.5 Å². The molecule has 1 fully saturated rings. The van der Waals surface area contributed by atoms with Gasteiger partial charge in [-0.1, -0.05) is 12.6 Å². The summed E-state index contributed by atoms with van der Waals surface area (Å²) in [5, 5.41) is 2.59. The third-order valence-corrected chi connectivity index (χ3v) is 3.96. The van der Waals surface area contributed by atoms with Gasteiger partial charge in [-0.15, -0.1) is 8.78 Å². The minimum Gasteiger partial charge on any atom is -0.395 e. The molecule has 2 heterocycles. The number of nitrogens with zero attached hydrogens (tertiary/aromatic N) is 1. The molecule has 0 radical (unpaired) electrons. The molecule has 2 aliphatic heterocycles. The van der Waals surface area contributed by atoms with E-state index in [4.69, 9.17) is 0 Å². The van der Waals surface area contributed by atoms with Crippen LogP contribution in [0.1, 0.15) is 12.8 Å². The summed E-state index contributed by atoms with van der Waals surface area (Å²) in [5.74, 6) is -1.36. The van der Waals surface area contributed by atoms with Gasteiger partial charge in [0.2, 0.25) is 11.8 Å². The maximum atomic E-state index is 13.2. The summed E-state index contributed by atoms with van der Waals surface area (Å²) >= 11 is 0. The van der Waals surface area contributed by atoms with Gasteiger partial charge in [0.15, 0.2) is 11.5 Å². The topological polar surface area (TPSA) is 67.9 Å². The molecule has 1 aromatic carbocycles. The van der Waals surface area contributed by atoms with Crippen molar-refractivity contribution in [1.29, 1.82) is 0 Å². The van der Waals surface area contributed by atoms with Gasteiger partial charge in [-0.05, 0) is 31.1 Å². The van der Waals surface area contributed by atoms with Gasteiger partial charge in [0.1, 0.15) is 0 Å². The van der Waals surface area contributed by atoms with Crippen molar-refractivity contribution in [3.05, 3.63) is 30.9 Å². The van der Waals surface area contributed by atoms with Crippen LogP contribution in [0.3, 0.4) is 0 Å². The van der Waals surface area contributed by atoms with E-state index in [-0.39, 0.29) is 35.5 Å². The number of para-hydroxylation sites is 1. The maximum absolute atomic E-state index is 13.2. The lowest BCUT2D eigenvalue weighted by Crippen LogP contribution is -2.43. The highest BCUT2D eigenvalue weighted by Crippen LogP contribution is 2.45. The third kappa shape index (κ3) is 3.17. The van der Waals surface area contributed by atoms with Gasteiger partial charge in [-0.2, -0.15) is 0 Å². The molecule has 1 aromatic rings. The highest BCUT2D eigenvalue weighted by Gasteiger charge is 2.44. The first-order chi connectivity index (χ1) is 11.4. The van der Waals surface area contributed by atoms with Gasteiger partial charge < -0.3 is 19.7 Å². The van der Waals surface area contributed by atoms with Crippen molar-refractivity contribution in [1.82, 2.24) is 4.90 Å². The number of amides is 2. The molecule has 2 aliphatic rings. The first-order valence-corrected chi connectivity index (χ1v) is 7.50. The van der Waals surface area contributed by atoms with Crippen molar-refractivity contribution >= 4 is 17.5 Å². The van der Waals surface area contributed by atoms with Gasteiger partial charge in [-0.3, -0.25) is 9.59 Å². The number of piperidine rings is 1. The molecule has 6 nitrogen and oxygen atoms in total. The van der Waals surface area contributed by atoms with Crippen LogP contribution in [0.15, 0.2) is 30.9 Å². The van der Waals surface area contributed by atoms with Crippen molar-refractivity contribution in [2.24, 2.45) is 5.92 Å². The van der Waals surface area contributed by atoms with E-state index >= 15 is 0 Å². The molecule has 1 atom stereocenters. The monoisotopic (exact) mass is 338 g/mol. The highest BCUT2D eigenvalue weighted by atomic mass is 19.3. The fraction of sp³-hybridized carbons (Fsp3) is 0.375. The quantitative estimate of drug-likeness (QED) is 0.859. The number of carbonyl (C=O) groups excluding carboxylic acids is 2. The van der Waals surface area contributed by atoms with E-state index in [0.29, 0.717) is 19.4 Å². The van der Waals surface area contributed by atoms with E-state index in [2.05, 4.69) is 21.4 Å². The van der Waals surface area contributed by atoms with E-state index in [9.17, 15) is 18.4 Å². The number of rotatable bonds is 3. The Morgan fingerprint density at radius 3 is 2.92 bits per heavy atom. The number of fused-ring (bicyclic) bond motifs is 1. The Balaban J connectivity index is 1.71. The van der Waals surface area contributed by atoms with Crippen molar-refractivity contribution in [3.63, 3.8) is 0 Å². The normalized spacial score (nSPS) is 21.2. The zero-order valence-corrected chi connectivity index (χ0v) is 12.8. The molecular formula is C16H16F2N2O4. The van der Waals surface area contributed by atoms with Crippen LogP contribution >= 0.6 is 0 Å². The number of halogens is 2. The molecule has 3 rings (SSSR count). The van der Waals surface area contributed by atoms with Crippen LogP contribution in [0, 0.1) is 5.92 Å². The van der Waals surface area contributed by atoms with Gasteiger partial charge in [0, 0.05) is 13.1 Å². The summed E-state index contributed by atoms with van der Waals surface area (Å²) in [5.41, 5.74) is 0.113. The van der Waals surface area contributed by atoms with Crippen LogP contribution in [0.25, 0.3) is 0 Å². The van der Waals surface area contributed by atoms with Crippen molar-refractivity contribution in [2.75, 3.05) is 18.4 Å². The summed E-state index contributed by atoms with van der Waals surface area (Å²) < 4.78 is 35.2. The van der Waals surface area contributed by atoms with Crippen LogP contribution in [-0.4, -0.2) is 36.1 Å². The summed E-state index contributed by atoms with van der Waals surface area (Å²) in [7, 11) is 0. The lowest BCUT2D eigenvalue weighted by molar-refractivity contribution is -0.286. The molecule has 24 heavy (non-hydrogen) atoms. The standard InChI is InChI=1S/C16H16F2N2O4/c1-2-13(21)20-8-4-5-10(9-20)15(22)19-11-6-3-7-12-14(11)24-16(17,18)23-12/h2-3,6-7,10H,1,4-5,8-9H2,(H,19,22).